The predicted molar refractivity (Wildman–Crippen MR) is 144 cm³/mol. The highest BCUT2D eigenvalue weighted by atomic mass is 35.5. The first-order valence-electron chi connectivity index (χ1n) is 11.3. The number of hydrogen-bond acceptors (Lipinski definition) is 3. The van der Waals surface area contributed by atoms with Crippen molar-refractivity contribution in [2.75, 3.05) is 5.32 Å². The highest BCUT2D eigenvalue weighted by molar-refractivity contribution is 8.00. The highest BCUT2D eigenvalue weighted by Crippen LogP contribution is 2.35. The van der Waals surface area contributed by atoms with E-state index in [2.05, 4.69) is 72.7 Å². The number of rotatable bonds is 7. The van der Waals surface area contributed by atoms with E-state index in [1.54, 1.807) is 6.07 Å². The van der Waals surface area contributed by atoms with Gasteiger partial charge in [-0.15, -0.1) is 0 Å². The summed E-state index contributed by atoms with van der Waals surface area (Å²) in [5.41, 5.74) is 8.00. The van der Waals surface area contributed by atoms with E-state index in [1.165, 1.54) is 22.9 Å². The fraction of sp³-hybridized carbons (Fsp3) is 0.214. The zero-order valence-electron chi connectivity index (χ0n) is 19.8. The number of H-pyrrole nitrogens is 1. The minimum absolute atomic E-state index is 0.0717. The van der Waals surface area contributed by atoms with Crippen molar-refractivity contribution >= 4 is 35.0 Å². The number of halogens is 1. The number of imidazole rings is 1. The Morgan fingerprint density at radius 2 is 1.59 bits per heavy atom. The lowest BCUT2D eigenvalue weighted by Gasteiger charge is -2.14. The third-order valence-corrected chi connectivity index (χ3v) is 7.36. The van der Waals surface area contributed by atoms with Gasteiger partial charge in [-0.2, -0.15) is 0 Å². The van der Waals surface area contributed by atoms with Crippen LogP contribution in [0.3, 0.4) is 0 Å². The largest absolute Gasteiger partial charge is 0.332 e. The van der Waals surface area contributed by atoms with Gasteiger partial charge in [0.25, 0.3) is 0 Å². The molecule has 2 N–H and O–H groups in total. The van der Waals surface area contributed by atoms with Crippen molar-refractivity contribution < 1.29 is 4.79 Å². The smallest absolute Gasteiger partial charge is 0.237 e. The Balaban J connectivity index is 1.62. The lowest BCUT2D eigenvalue weighted by Crippen LogP contribution is -2.24. The van der Waals surface area contributed by atoms with Gasteiger partial charge in [0.1, 0.15) is 0 Å². The lowest BCUT2D eigenvalue weighted by molar-refractivity contribution is -0.115. The Labute approximate surface area is 210 Å². The van der Waals surface area contributed by atoms with E-state index >= 15 is 0 Å². The molecule has 174 valence electrons. The van der Waals surface area contributed by atoms with Crippen LogP contribution >= 0.6 is 23.4 Å². The van der Waals surface area contributed by atoms with Gasteiger partial charge in [-0.25, -0.2) is 4.98 Å². The summed E-state index contributed by atoms with van der Waals surface area (Å²) in [6.07, 6.45) is 0.663. The molecule has 0 saturated heterocycles. The van der Waals surface area contributed by atoms with Gasteiger partial charge in [0.15, 0.2) is 5.16 Å². The maximum atomic E-state index is 13.0. The number of benzene rings is 3. The molecule has 0 saturated carbocycles. The van der Waals surface area contributed by atoms with Crippen LogP contribution in [0.2, 0.25) is 5.02 Å². The number of carbonyl (C=O) groups is 1. The number of carbonyl (C=O) groups excluding carboxylic acids is 1. The molecular weight excluding hydrogens is 462 g/mol. The molecule has 0 aliphatic heterocycles. The first kappa shape index (κ1) is 24.1. The van der Waals surface area contributed by atoms with Crippen molar-refractivity contribution in [3.8, 4) is 22.5 Å². The van der Waals surface area contributed by atoms with Crippen LogP contribution in [0.5, 0.6) is 0 Å². The molecule has 1 unspecified atom stereocenters. The van der Waals surface area contributed by atoms with Crippen molar-refractivity contribution in [1.29, 1.82) is 0 Å². The Kier molecular flexibility index (Phi) is 7.44. The molecule has 0 radical (unpaired) electrons. The second kappa shape index (κ2) is 10.5. The number of hydrogen-bond donors (Lipinski definition) is 2. The third kappa shape index (κ3) is 5.54. The van der Waals surface area contributed by atoms with E-state index in [9.17, 15) is 4.79 Å². The van der Waals surface area contributed by atoms with Gasteiger partial charge < -0.3 is 10.3 Å². The molecule has 1 amide bonds. The molecule has 1 heterocycles. The van der Waals surface area contributed by atoms with Gasteiger partial charge in [-0.3, -0.25) is 4.79 Å². The number of anilines is 1. The number of nitrogens with one attached hydrogen (secondary N) is 2. The van der Waals surface area contributed by atoms with E-state index in [0.717, 1.165) is 33.2 Å². The van der Waals surface area contributed by atoms with Gasteiger partial charge >= 0.3 is 0 Å². The first-order valence-corrected chi connectivity index (χ1v) is 12.6. The van der Waals surface area contributed by atoms with Crippen LogP contribution in [0, 0.1) is 20.8 Å². The monoisotopic (exact) mass is 489 g/mol. The molecule has 6 heteroatoms. The molecule has 0 bridgehead atoms. The minimum Gasteiger partial charge on any atom is -0.332 e. The van der Waals surface area contributed by atoms with Crippen LogP contribution in [-0.2, 0) is 4.79 Å². The SMILES string of the molecule is CCC(Sc1nc(-c2ccc(C)cc2)c(-c2ccc(C)cc2)[nH]1)C(=O)Nc1ccc(C)c(Cl)c1. The maximum Gasteiger partial charge on any atom is 0.237 e. The van der Waals surface area contributed by atoms with Crippen molar-refractivity contribution in [2.24, 2.45) is 0 Å². The number of amides is 1. The van der Waals surface area contributed by atoms with Crippen LogP contribution in [0.25, 0.3) is 22.5 Å². The topological polar surface area (TPSA) is 57.8 Å². The first-order chi connectivity index (χ1) is 16.3. The summed E-state index contributed by atoms with van der Waals surface area (Å²) in [7, 11) is 0. The zero-order chi connectivity index (χ0) is 24.2. The summed E-state index contributed by atoms with van der Waals surface area (Å²) in [6, 6.07) is 22.3. The molecule has 4 nitrogen and oxygen atoms in total. The molecule has 0 aliphatic rings. The summed E-state index contributed by atoms with van der Waals surface area (Å²) < 4.78 is 0. The highest BCUT2D eigenvalue weighted by Gasteiger charge is 2.22. The molecule has 1 atom stereocenters. The summed E-state index contributed by atoms with van der Waals surface area (Å²) in [4.78, 5) is 21.4. The van der Waals surface area contributed by atoms with Gasteiger partial charge in [-0.1, -0.05) is 96.0 Å². The predicted octanol–water partition coefficient (Wildman–Crippen LogP) is 7.83. The molecule has 34 heavy (non-hydrogen) atoms. The maximum absolute atomic E-state index is 13.0. The minimum atomic E-state index is -0.303. The molecule has 1 aromatic heterocycles. The van der Waals surface area contributed by atoms with E-state index in [-0.39, 0.29) is 11.2 Å². The second-order valence-electron chi connectivity index (χ2n) is 8.47. The summed E-state index contributed by atoms with van der Waals surface area (Å²) in [5.74, 6) is -0.0717. The molecule has 3 aromatic carbocycles. The summed E-state index contributed by atoms with van der Waals surface area (Å²) in [5, 5.41) is 4.04. The standard InChI is InChI=1S/C28H28ClN3OS/c1-5-24(27(33)30-22-15-10-19(4)23(29)16-22)34-28-31-25(20-11-6-17(2)7-12-20)26(32-28)21-13-8-18(3)9-14-21/h6-16,24H,5H2,1-4H3,(H,30,33)(H,31,32). The van der Waals surface area contributed by atoms with E-state index in [0.29, 0.717) is 17.1 Å². The number of aromatic amines is 1. The van der Waals surface area contributed by atoms with Gasteiger partial charge in [0.2, 0.25) is 5.91 Å². The van der Waals surface area contributed by atoms with Gasteiger partial charge in [0.05, 0.1) is 16.6 Å². The van der Waals surface area contributed by atoms with Crippen molar-refractivity contribution in [3.63, 3.8) is 0 Å². The lowest BCUT2D eigenvalue weighted by atomic mass is 10.0. The number of aryl methyl sites for hydroxylation is 3. The number of aromatic nitrogens is 2. The molecule has 4 rings (SSSR count). The number of nitrogens with zero attached hydrogens (tertiary/aromatic N) is 1. The van der Waals surface area contributed by atoms with Crippen LogP contribution in [0.4, 0.5) is 5.69 Å². The second-order valence-corrected chi connectivity index (χ2v) is 10.1. The Hall–Kier alpha value is -3.02. The quantitative estimate of drug-likeness (QED) is 0.260. The molecule has 0 aliphatic carbocycles. The molecular formula is C28H28ClN3OS. The van der Waals surface area contributed by atoms with Crippen molar-refractivity contribution in [2.45, 2.75) is 44.5 Å². The van der Waals surface area contributed by atoms with Crippen molar-refractivity contribution in [1.82, 2.24) is 9.97 Å². The van der Waals surface area contributed by atoms with Crippen molar-refractivity contribution in [3.05, 3.63) is 88.4 Å². The molecule has 0 fully saturated rings. The fourth-order valence-corrected chi connectivity index (χ4v) is 4.69. The summed E-state index contributed by atoms with van der Waals surface area (Å²) in [6.45, 7) is 8.09. The van der Waals surface area contributed by atoms with Crippen LogP contribution < -0.4 is 5.32 Å². The molecule has 0 spiro atoms. The van der Waals surface area contributed by atoms with Crippen LogP contribution in [-0.4, -0.2) is 21.1 Å². The Morgan fingerprint density at radius 1 is 0.971 bits per heavy atom. The average Bonchev–Trinajstić information content (AvgIpc) is 3.24. The Bertz CT molecular complexity index is 1230. The van der Waals surface area contributed by atoms with E-state index in [1.807, 2.05) is 26.0 Å². The fourth-order valence-electron chi connectivity index (χ4n) is 3.61. The van der Waals surface area contributed by atoms with Gasteiger partial charge in [-0.05, 0) is 44.9 Å². The normalized spacial score (nSPS) is 11.9. The third-order valence-electron chi connectivity index (χ3n) is 5.70. The van der Waals surface area contributed by atoms with Crippen LogP contribution in [0.15, 0.2) is 71.9 Å². The number of thioether (sulfide) groups is 1. The summed E-state index contributed by atoms with van der Waals surface area (Å²) >= 11 is 7.67. The zero-order valence-corrected chi connectivity index (χ0v) is 21.3. The van der Waals surface area contributed by atoms with E-state index < -0.39 is 0 Å². The van der Waals surface area contributed by atoms with Crippen LogP contribution in [0.1, 0.15) is 30.0 Å². The molecule has 4 aromatic rings. The Morgan fingerprint density at radius 3 is 2.18 bits per heavy atom. The van der Waals surface area contributed by atoms with E-state index in [4.69, 9.17) is 16.6 Å². The average molecular weight is 490 g/mol. The van der Waals surface area contributed by atoms with Gasteiger partial charge in [0, 0.05) is 21.8 Å².